The molecule has 0 aliphatic rings. The van der Waals surface area contributed by atoms with Crippen molar-refractivity contribution in [2.75, 3.05) is 32.1 Å². The molecule has 2 aromatic heterocycles. The fourth-order valence-corrected chi connectivity index (χ4v) is 1.86. The van der Waals surface area contributed by atoms with Crippen molar-refractivity contribution in [2.45, 2.75) is 6.42 Å². The highest BCUT2D eigenvalue weighted by Crippen LogP contribution is 2.16. The number of anilines is 1. The zero-order chi connectivity index (χ0) is 14.4. The number of pyridine rings is 1. The summed E-state index contributed by atoms with van der Waals surface area (Å²) in [4.78, 5) is 20.0. The third-order valence-corrected chi connectivity index (χ3v) is 2.95. The Hall–Kier alpha value is -2.15. The summed E-state index contributed by atoms with van der Waals surface area (Å²) in [5, 5.41) is 5.93. The second-order valence-electron chi connectivity index (χ2n) is 4.38. The van der Waals surface area contributed by atoms with E-state index in [1.165, 1.54) is 0 Å². The van der Waals surface area contributed by atoms with Crippen molar-refractivity contribution in [3.8, 4) is 0 Å². The van der Waals surface area contributed by atoms with Gasteiger partial charge in [0.15, 0.2) is 0 Å². The van der Waals surface area contributed by atoms with Gasteiger partial charge in [-0.15, -0.1) is 0 Å². The monoisotopic (exact) mass is 277 g/mol. The summed E-state index contributed by atoms with van der Waals surface area (Å²) >= 11 is 0. The largest absolute Gasteiger partial charge is 0.383 e. The van der Waals surface area contributed by atoms with Crippen LogP contribution in [0, 0.1) is 0 Å². The van der Waals surface area contributed by atoms with Crippen molar-refractivity contribution < 1.29 is 9.53 Å². The maximum Gasteiger partial charge on any atom is 0.221 e. The summed E-state index contributed by atoms with van der Waals surface area (Å²) in [6, 6.07) is 1.86. The number of nitrogens with zero attached hydrogens (tertiary/aromatic N) is 3. The van der Waals surface area contributed by atoms with Crippen LogP contribution in [0.1, 0.15) is 6.42 Å². The number of imidazole rings is 1. The predicted octanol–water partition coefficient (Wildman–Crippen LogP) is 0.533. The van der Waals surface area contributed by atoms with Gasteiger partial charge in [-0.25, -0.2) is 4.98 Å². The summed E-state index contributed by atoms with van der Waals surface area (Å²) in [5.74, 6) is 0.729. The van der Waals surface area contributed by atoms with Gasteiger partial charge < -0.3 is 19.9 Å². The Balaban J connectivity index is 1.84. The first kappa shape index (κ1) is 14.3. The summed E-state index contributed by atoms with van der Waals surface area (Å²) in [5.41, 5.74) is 1.84. The van der Waals surface area contributed by atoms with Crippen LogP contribution in [-0.2, 0) is 16.6 Å². The van der Waals surface area contributed by atoms with E-state index in [0.717, 1.165) is 17.0 Å². The molecule has 0 fully saturated rings. The summed E-state index contributed by atoms with van der Waals surface area (Å²) < 4.78 is 6.79. The lowest BCUT2D eigenvalue weighted by Gasteiger charge is -2.07. The van der Waals surface area contributed by atoms with Crippen molar-refractivity contribution in [3.05, 3.63) is 18.5 Å². The molecule has 2 N–H and O–H groups in total. The minimum Gasteiger partial charge on any atom is -0.383 e. The minimum atomic E-state index is -0.00465. The molecule has 0 saturated carbocycles. The molecule has 0 spiro atoms. The maximum absolute atomic E-state index is 11.5. The molecule has 0 bridgehead atoms. The Kier molecular flexibility index (Phi) is 4.89. The molecule has 0 radical (unpaired) electrons. The highest BCUT2D eigenvalue weighted by atomic mass is 16.5. The van der Waals surface area contributed by atoms with Gasteiger partial charge in [-0.3, -0.25) is 9.78 Å². The summed E-state index contributed by atoms with van der Waals surface area (Å²) in [6.45, 7) is 1.59. The smallest absolute Gasteiger partial charge is 0.221 e. The van der Waals surface area contributed by atoms with Crippen LogP contribution in [0.25, 0.3) is 11.0 Å². The van der Waals surface area contributed by atoms with E-state index in [0.29, 0.717) is 26.1 Å². The van der Waals surface area contributed by atoms with Crippen molar-refractivity contribution in [2.24, 2.45) is 7.05 Å². The SMILES string of the molecule is COCCNC(=O)CCNc1nc2ccncc2n1C. The molecule has 0 aliphatic heterocycles. The molecule has 0 aliphatic carbocycles. The van der Waals surface area contributed by atoms with Crippen LogP contribution in [0.15, 0.2) is 18.5 Å². The number of ether oxygens (including phenoxy) is 1. The van der Waals surface area contributed by atoms with Gasteiger partial charge >= 0.3 is 0 Å². The van der Waals surface area contributed by atoms with E-state index in [-0.39, 0.29) is 5.91 Å². The van der Waals surface area contributed by atoms with Gasteiger partial charge in [0.25, 0.3) is 0 Å². The first-order valence-corrected chi connectivity index (χ1v) is 6.48. The van der Waals surface area contributed by atoms with Gasteiger partial charge in [-0.05, 0) is 6.07 Å². The number of fused-ring (bicyclic) bond motifs is 1. The van der Waals surface area contributed by atoms with Crippen LogP contribution in [0.4, 0.5) is 5.95 Å². The van der Waals surface area contributed by atoms with Gasteiger partial charge in [-0.2, -0.15) is 0 Å². The predicted molar refractivity (Wildman–Crippen MR) is 76.5 cm³/mol. The number of hydrogen-bond donors (Lipinski definition) is 2. The second-order valence-corrected chi connectivity index (χ2v) is 4.38. The zero-order valence-corrected chi connectivity index (χ0v) is 11.7. The fourth-order valence-electron chi connectivity index (χ4n) is 1.86. The average Bonchev–Trinajstić information content (AvgIpc) is 2.77. The molecule has 0 unspecified atom stereocenters. The van der Waals surface area contributed by atoms with E-state index < -0.39 is 0 Å². The number of carbonyl (C=O) groups excluding carboxylic acids is 1. The molecule has 0 saturated heterocycles. The third kappa shape index (κ3) is 3.45. The molecule has 1 amide bonds. The van der Waals surface area contributed by atoms with E-state index in [2.05, 4.69) is 20.6 Å². The molecular formula is C13H19N5O2. The first-order valence-electron chi connectivity index (χ1n) is 6.48. The average molecular weight is 277 g/mol. The Morgan fingerprint density at radius 1 is 1.45 bits per heavy atom. The molecular weight excluding hydrogens is 258 g/mol. The van der Waals surface area contributed by atoms with E-state index in [4.69, 9.17) is 4.74 Å². The summed E-state index contributed by atoms with van der Waals surface area (Å²) in [6.07, 6.45) is 3.87. The van der Waals surface area contributed by atoms with Crippen LogP contribution in [0.3, 0.4) is 0 Å². The van der Waals surface area contributed by atoms with Crippen LogP contribution in [0.2, 0.25) is 0 Å². The molecule has 20 heavy (non-hydrogen) atoms. The maximum atomic E-state index is 11.5. The van der Waals surface area contributed by atoms with Crippen LogP contribution in [0.5, 0.6) is 0 Å². The van der Waals surface area contributed by atoms with Gasteiger partial charge in [0.1, 0.15) is 0 Å². The van der Waals surface area contributed by atoms with Crippen LogP contribution in [-0.4, -0.2) is 47.2 Å². The molecule has 7 nitrogen and oxygen atoms in total. The topological polar surface area (TPSA) is 81.1 Å². The fraction of sp³-hybridized carbons (Fsp3) is 0.462. The van der Waals surface area contributed by atoms with Crippen molar-refractivity contribution in [1.82, 2.24) is 19.9 Å². The normalized spacial score (nSPS) is 10.7. The number of nitrogens with one attached hydrogen (secondary N) is 2. The molecule has 0 atom stereocenters. The van der Waals surface area contributed by atoms with E-state index in [1.807, 2.05) is 17.7 Å². The number of methoxy groups -OCH3 is 1. The molecule has 0 aromatic carbocycles. The Bertz CT molecular complexity index is 581. The number of hydrogen-bond acceptors (Lipinski definition) is 5. The number of carbonyl (C=O) groups is 1. The Morgan fingerprint density at radius 3 is 3.05 bits per heavy atom. The Morgan fingerprint density at radius 2 is 2.30 bits per heavy atom. The van der Waals surface area contributed by atoms with Crippen molar-refractivity contribution in [3.63, 3.8) is 0 Å². The molecule has 2 heterocycles. The Labute approximate surface area is 117 Å². The molecule has 2 aromatic rings. The molecule has 108 valence electrons. The van der Waals surface area contributed by atoms with E-state index in [9.17, 15) is 4.79 Å². The van der Waals surface area contributed by atoms with Crippen LogP contribution >= 0.6 is 0 Å². The van der Waals surface area contributed by atoms with Gasteiger partial charge in [0.05, 0.1) is 23.8 Å². The highest BCUT2D eigenvalue weighted by molar-refractivity contribution is 5.78. The minimum absolute atomic E-state index is 0.00465. The number of aromatic nitrogens is 3. The third-order valence-electron chi connectivity index (χ3n) is 2.95. The van der Waals surface area contributed by atoms with Gasteiger partial charge in [-0.1, -0.05) is 0 Å². The zero-order valence-electron chi connectivity index (χ0n) is 11.7. The lowest BCUT2D eigenvalue weighted by atomic mass is 10.4. The van der Waals surface area contributed by atoms with Crippen molar-refractivity contribution in [1.29, 1.82) is 0 Å². The second kappa shape index (κ2) is 6.85. The van der Waals surface area contributed by atoms with Gasteiger partial charge in [0, 0.05) is 39.9 Å². The van der Waals surface area contributed by atoms with E-state index in [1.54, 1.807) is 19.5 Å². The summed E-state index contributed by atoms with van der Waals surface area (Å²) in [7, 11) is 3.52. The lowest BCUT2D eigenvalue weighted by molar-refractivity contribution is -0.121. The number of amides is 1. The molecule has 2 rings (SSSR count). The van der Waals surface area contributed by atoms with Gasteiger partial charge in [0.2, 0.25) is 11.9 Å². The highest BCUT2D eigenvalue weighted by Gasteiger charge is 2.07. The standard InChI is InChI=1S/C13H19N5O2/c1-18-11-9-14-5-3-10(11)17-13(18)16-6-4-12(19)15-7-8-20-2/h3,5,9H,4,6-8H2,1-2H3,(H,15,19)(H,16,17). The first-order chi connectivity index (χ1) is 9.72. The van der Waals surface area contributed by atoms with Crippen molar-refractivity contribution >= 4 is 22.9 Å². The molecule has 7 heteroatoms. The quantitative estimate of drug-likeness (QED) is 0.722. The lowest BCUT2D eigenvalue weighted by Crippen LogP contribution is -2.28. The van der Waals surface area contributed by atoms with E-state index >= 15 is 0 Å². The van der Waals surface area contributed by atoms with Crippen LogP contribution < -0.4 is 10.6 Å². The number of rotatable bonds is 7. The number of aryl methyl sites for hydroxylation is 1.